The summed E-state index contributed by atoms with van der Waals surface area (Å²) in [6.07, 6.45) is 1.20. The Hall–Kier alpha value is -0.730. The molecular weight excluding hydrogens is 208 g/mol. The van der Waals surface area contributed by atoms with E-state index < -0.39 is 0 Å². The van der Waals surface area contributed by atoms with Gasteiger partial charge in [-0.3, -0.25) is 0 Å². The molecule has 1 heterocycles. The van der Waals surface area contributed by atoms with E-state index in [1.54, 1.807) is 0 Å². The summed E-state index contributed by atoms with van der Waals surface area (Å²) in [7, 11) is 0. The molecule has 2 nitrogen and oxygen atoms in total. The van der Waals surface area contributed by atoms with Crippen molar-refractivity contribution >= 4 is 17.3 Å². The van der Waals surface area contributed by atoms with Gasteiger partial charge in [0.1, 0.15) is 0 Å². The highest BCUT2D eigenvalue weighted by Gasteiger charge is 2.22. The van der Waals surface area contributed by atoms with Gasteiger partial charge >= 0.3 is 0 Å². The molecule has 1 atom stereocenters. The zero-order valence-corrected chi connectivity index (χ0v) is 9.80. The third kappa shape index (κ3) is 2.27. The van der Waals surface area contributed by atoms with Gasteiger partial charge < -0.3 is 10.6 Å². The van der Waals surface area contributed by atoms with E-state index in [1.165, 1.54) is 17.7 Å². The smallest absolute Gasteiger partial charge is 0.0426 e. The number of nitrogens with zero attached hydrogens (tertiary/aromatic N) is 1. The standard InChI is InChI=1S/C12H17ClN2/c1-9-2-3-11(13)6-12(9)15-5-4-10(7-14)8-15/h2-3,6,10H,4-5,7-8,14H2,1H3. The third-order valence-electron chi connectivity index (χ3n) is 3.13. The van der Waals surface area contributed by atoms with Gasteiger partial charge in [0.25, 0.3) is 0 Å². The molecule has 15 heavy (non-hydrogen) atoms. The number of hydrogen-bond donors (Lipinski definition) is 1. The number of aryl methyl sites for hydroxylation is 1. The number of rotatable bonds is 2. The van der Waals surface area contributed by atoms with Crippen LogP contribution in [-0.2, 0) is 0 Å². The van der Waals surface area contributed by atoms with Crippen LogP contribution < -0.4 is 10.6 Å². The van der Waals surface area contributed by atoms with Crippen molar-refractivity contribution in [1.29, 1.82) is 0 Å². The first-order valence-corrected chi connectivity index (χ1v) is 5.79. The number of nitrogens with two attached hydrogens (primary N) is 1. The van der Waals surface area contributed by atoms with Crippen molar-refractivity contribution in [3.63, 3.8) is 0 Å². The summed E-state index contributed by atoms with van der Waals surface area (Å²) in [6, 6.07) is 6.07. The van der Waals surface area contributed by atoms with E-state index in [2.05, 4.69) is 24.0 Å². The molecule has 1 aliphatic heterocycles. The quantitative estimate of drug-likeness (QED) is 0.836. The molecule has 1 aromatic carbocycles. The predicted molar refractivity (Wildman–Crippen MR) is 65.6 cm³/mol. The van der Waals surface area contributed by atoms with Crippen molar-refractivity contribution in [1.82, 2.24) is 0 Å². The second-order valence-corrected chi connectivity index (χ2v) is 4.70. The molecule has 0 spiro atoms. The maximum Gasteiger partial charge on any atom is 0.0426 e. The van der Waals surface area contributed by atoms with E-state index in [0.717, 1.165) is 24.7 Å². The maximum absolute atomic E-state index is 6.01. The van der Waals surface area contributed by atoms with Gasteiger partial charge in [-0.25, -0.2) is 0 Å². The molecule has 2 rings (SSSR count). The zero-order valence-electron chi connectivity index (χ0n) is 9.04. The number of anilines is 1. The van der Waals surface area contributed by atoms with E-state index in [-0.39, 0.29) is 0 Å². The number of halogens is 1. The van der Waals surface area contributed by atoms with Gasteiger partial charge in [0.15, 0.2) is 0 Å². The fourth-order valence-corrected chi connectivity index (χ4v) is 2.33. The molecule has 0 radical (unpaired) electrons. The van der Waals surface area contributed by atoms with E-state index >= 15 is 0 Å². The van der Waals surface area contributed by atoms with E-state index in [1.807, 2.05) is 6.07 Å². The monoisotopic (exact) mass is 224 g/mol. The average molecular weight is 225 g/mol. The van der Waals surface area contributed by atoms with Crippen molar-refractivity contribution in [2.24, 2.45) is 11.7 Å². The summed E-state index contributed by atoms with van der Waals surface area (Å²) >= 11 is 6.01. The lowest BCUT2D eigenvalue weighted by Gasteiger charge is -2.21. The molecule has 2 N–H and O–H groups in total. The topological polar surface area (TPSA) is 29.3 Å². The van der Waals surface area contributed by atoms with Gasteiger partial charge in [-0.1, -0.05) is 17.7 Å². The SMILES string of the molecule is Cc1ccc(Cl)cc1N1CCC(CN)C1. The normalized spacial score (nSPS) is 21.0. The van der Waals surface area contributed by atoms with Crippen LogP contribution in [0.1, 0.15) is 12.0 Å². The van der Waals surface area contributed by atoms with Crippen LogP contribution in [0.2, 0.25) is 5.02 Å². The van der Waals surface area contributed by atoms with Crippen molar-refractivity contribution in [2.75, 3.05) is 24.5 Å². The maximum atomic E-state index is 6.01. The van der Waals surface area contributed by atoms with Gasteiger partial charge in [-0.05, 0) is 43.5 Å². The molecule has 1 aromatic rings. The van der Waals surface area contributed by atoms with Crippen LogP contribution >= 0.6 is 11.6 Å². The van der Waals surface area contributed by atoms with Gasteiger partial charge in [-0.15, -0.1) is 0 Å². The Balaban J connectivity index is 2.19. The summed E-state index contributed by atoms with van der Waals surface area (Å²) in [4.78, 5) is 2.39. The molecule has 82 valence electrons. The lowest BCUT2D eigenvalue weighted by atomic mass is 10.1. The number of benzene rings is 1. The molecule has 0 saturated carbocycles. The van der Waals surface area contributed by atoms with Crippen LogP contribution in [0.4, 0.5) is 5.69 Å². The predicted octanol–water partition coefficient (Wildman–Crippen LogP) is 2.43. The van der Waals surface area contributed by atoms with E-state index in [4.69, 9.17) is 17.3 Å². The second-order valence-electron chi connectivity index (χ2n) is 4.27. The van der Waals surface area contributed by atoms with Crippen molar-refractivity contribution in [3.8, 4) is 0 Å². The fourth-order valence-electron chi connectivity index (χ4n) is 2.17. The Bertz CT molecular complexity index is 351. The fraction of sp³-hybridized carbons (Fsp3) is 0.500. The summed E-state index contributed by atoms with van der Waals surface area (Å²) in [5, 5.41) is 0.812. The zero-order chi connectivity index (χ0) is 10.8. The summed E-state index contributed by atoms with van der Waals surface area (Å²) < 4.78 is 0. The Kier molecular flexibility index (Phi) is 3.17. The van der Waals surface area contributed by atoms with E-state index in [9.17, 15) is 0 Å². The summed E-state index contributed by atoms with van der Waals surface area (Å²) in [5.41, 5.74) is 8.24. The van der Waals surface area contributed by atoms with Crippen LogP contribution in [0.15, 0.2) is 18.2 Å². The highest BCUT2D eigenvalue weighted by molar-refractivity contribution is 6.30. The van der Waals surface area contributed by atoms with Crippen molar-refractivity contribution in [3.05, 3.63) is 28.8 Å². The molecule has 0 amide bonds. The van der Waals surface area contributed by atoms with Crippen LogP contribution in [0.3, 0.4) is 0 Å². The molecular formula is C12H17ClN2. The Morgan fingerprint density at radius 2 is 2.33 bits per heavy atom. The first kappa shape index (κ1) is 10.8. The van der Waals surface area contributed by atoms with Crippen LogP contribution in [0, 0.1) is 12.8 Å². The van der Waals surface area contributed by atoms with Gasteiger partial charge in [0.2, 0.25) is 0 Å². The summed E-state index contributed by atoms with van der Waals surface area (Å²) in [5.74, 6) is 0.642. The van der Waals surface area contributed by atoms with E-state index in [0.29, 0.717) is 5.92 Å². The lowest BCUT2D eigenvalue weighted by molar-refractivity contribution is 0.602. The first-order valence-electron chi connectivity index (χ1n) is 5.42. The molecule has 0 bridgehead atoms. The number of hydrogen-bond acceptors (Lipinski definition) is 2. The highest BCUT2D eigenvalue weighted by atomic mass is 35.5. The minimum atomic E-state index is 0.642. The molecule has 1 unspecified atom stereocenters. The molecule has 1 fully saturated rings. The summed E-state index contributed by atoms with van der Waals surface area (Å²) in [6.45, 7) is 5.08. The van der Waals surface area contributed by atoms with Gasteiger partial charge in [0, 0.05) is 23.8 Å². The third-order valence-corrected chi connectivity index (χ3v) is 3.37. The molecule has 3 heteroatoms. The van der Waals surface area contributed by atoms with Gasteiger partial charge in [-0.2, -0.15) is 0 Å². The Morgan fingerprint density at radius 1 is 1.53 bits per heavy atom. The van der Waals surface area contributed by atoms with Crippen LogP contribution in [-0.4, -0.2) is 19.6 Å². The molecule has 1 aliphatic rings. The molecule has 0 aromatic heterocycles. The first-order chi connectivity index (χ1) is 7.20. The highest BCUT2D eigenvalue weighted by Crippen LogP contribution is 2.28. The second kappa shape index (κ2) is 4.42. The van der Waals surface area contributed by atoms with Crippen LogP contribution in [0.5, 0.6) is 0 Å². The Morgan fingerprint density at radius 3 is 3.00 bits per heavy atom. The van der Waals surface area contributed by atoms with Crippen molar-refractivity contribution < 1.29 is 0 Å². The molecule has 0 aliphatic carbocycles. The van der Waals surface area contributed by atoms with Crippen LogP contribution in [0.25, 0.3) is 0 Å². The largest absolute Gasteiger partial charge is 0.371 e. The minimum absolute atomic E-state index is 0.642. The lowest BCUT2D eigenvalue weighted by Crippen LogP contribution is -2.23. The van der Waals surface area contributed by atoms with Gasteiger partial charge in [0.05, 0.1) is 0 Å². The van der Waals surface area contributed by atoms with Crippen molar-refractivity contribution in [2.45, 2.75) is 13.3 Å². The average Bonchev–Trinajstić information content (AvgIpc) is 2.70. The molecule has 1 saturated heterocycles. The Labute approximate surface area is 96.0 Å². The minimum Gasteiger partial charge on any atom is -0.371 e.